The van der Waals surface area contributed by atoms with E-state index in [9.17, 15) is 0 Å². The molecule has 3 heteroatoms. The highest BCUT2D eigenvalue weighted by molar-refractivity contribution is 6.79. The lowest BCUT2D eigenvalue weighted by Gasteiger charge is -2.44. The third-order valence-electron chi connectivity index (χ3n) is 2.43. The van der Waals surface area contributed by atoms with Crippen molar-refractivity contribution in [2.75, 3.05) is 7.11 Å². The van der Waals surface area contributed by atoms with E-state index in [1.54, 1.807) is 13.4 Å². The van der Waals surface area contributed by atoms with Gasteiger partial charge in [-0.25, -0.2) is 0 Å². The molecule has 1 aliphatic rings. The van der Waals surface area contributed by atoms with Gasteiger partial charge in [0.05, 0.1) is 6.26 Å². The van der Waals surface area contributed by atoms with E-state index in [0.717, 1.165) is 12.0 Å². The van der Waals surface area contributed by atoms with Gasteiger partial charge in [0.25, 0.3) is 0 Å². The van der Waals surface area contributed by atoms with Gasteiger partial charge in [0.1, 0.15) is 8.07 Å². The van der Waals surface area contributed by atoms with Crippen molar-refractivity contribution < 1.29 is 9.47 Å². The van der Waals surface area contributed by atoms with Crippen LogP contribution < -0.4 is 0 Å². The number of hydrogen-bond donors (Lipinski definition) is 0. The minimum Gasteiger partial charge on any atom is -0.471 e. The molecule has 0 aromatic carbocycles. The standard InChI is InChI=1S/C10H18O2Si/c1-9-7-6-8-12-10(9,11-2)13(3,4)5/h6,8H,1,7H2,2-5H3. The molecule has 0 saturated heterocycles. The van der Waals surface area contributed by atoms with E-state index in [0.29, 0.717) is 0 Å². The van der Waals surface area contributed by atoms with Crippen molar-refractivity contribution in [2.45, 2.75) is 31.5 Å². The molecular weight excluding hydrogens is 180 g/mol. The van der Waals surface area contributed by atoms with Gasteiger partial charge in [0.2, 0.25) is 5.41 Å². The summed E-state index contributed by atoms with van der Waals surface area (Å²) < 4.78 is 11.2. The fourth-order valence-corrected chi connectivity index (χ4v) is 3.95. The van der Waals surface area contributed by atoms with Crippen molar-refractivity contribution in [3.63, 3.8) is 0 Å². The predicted octanol–water partition coefficient (Wildman–Crippen LogP) is 2.70. The summed E-state index contributed by atoms with van der Waals surface area (Å²) in [5.74, 6) is 0. The largest absolute Gasteiger partial charge is 0.471 e. The maximum absolute atomic E-state index is 5.65. The first-order valence-electron chi connectivity index (χ1n) is 4.50. The number of hydrogen-bond acceptors (Lipinski definition) is 2. The second-order valence-corrected chi connectivity index (χ2v) is 9.53. The van der Waals surface area contributed by atoms with Gasteiger partial charge >= 0.3 is 0 Å². The lowest BCUT2D eigenvalue weighted by Crippen LogP contribution is -2.56. The normalized spacial score (nSPS) is 28.8. The van der Waals surface area contributed by atoms with Crippen LogP contribution in [0.3, 0.4) is 0 Å². The zero-order chi connectivity index (χ0) is 10.1. The monoisotopic (exact) mass is 198 g/mol. The van der Waals surface area contributed by atoms with Gasteiger partial charge in [-0.1, -0.05) is 26.2 Å². The molecule has 0 radical (unpaired) electrons. The number of methoxy groups -OCH3 is 1. The lowest BCUT2D eigenvalue weighted by molar-refractivity contribution is -0.108. The third-order valence-corrected chi connectivity index (χ3v) is 5.09. The van der Waals surface area contributed by atoms with Gasteiger partial charge in [-0.05, 0) is 18.1 Å². The molecule has 0 aliphatic carbocycles. The topological polar surface area (TPSA) is 18.5 Å². The molecule has 74 valence electrons. The minimum atomic E-state index is -1.56. The average molecular weight is 198 g/mol. The Balaban J connectivity index is 3.05. The Morgan fingerprint density at radius 2 is 2.15 bits per heavy atom. The number of allylic oxidation sites excluding steroid dienone is 1. The molecule has 0 amide bonds. The van der Waals surface area contributed by atoms with Gasteiger partial charge < -0.3 is 9.47 Å². The van der Waals surface area contributed by atoms with E-state index >= 15 is 0 Å². The zero-order valence-corrected chi connectivity index (χ0v) is 9.89. The SMILES string of the molecule is C=C1CC=COC1(OC)[Si](C)(C)C. The Morgan fingerprint density at radius 1 is 1.54 bits per heavy atom. The molecule has 0 spiro atoms. The molecule has 1 heterocycles. The van der Waals surface area contributed by atoms with Crippen LogP contribution in [0.4, 0.5) is 0 Å². The highest BCUT2D eigenvalue weighted by Gasteiger charge is 2.48. The maximum atomic E-state index is 5.65. The lowest BCUT2D eigenvalue weighted by atomic mass is 10.2. The fraction of sp³-hybridized carbons (Fsp3) is 0.600. The summed E-state index contributed by atoms with van der Waals surface area (Å²) in [5, 5.41) is 0. The van der Waals surface area contributed by atoms with Crippen molar-refractivity contribution in [2.24, 2.45) is 0 Å². The Hall–Kier alpha value is -0.543. The van der Waals surface area contributed by atoms with E-state index in [1.165, 1.54) is 0 Å². The van der Waals surface area contributed by atoms with Crippen molar-refractivity contribution in [3.05, 3.63) is 24.5 Å². The quantitative estimate of drug-likeness (QED) is 0.502. The molecule has 0 bridgehead atoms. The smallest absolute Gasteiger partial charge is 0.210 e. The average Bonchev–Trinajstić information content (AvgIpc) is 2.03. The van der Waals surface area contributed by atoms with E-state index in [2.05, 4.69) is 26.2 Å². The van der Waals surface area contributed by atoms with Crippen LogP contribution in [0.25, 0.3) is 0 Å². The summed E-state index contributed by atoms with van der Waals surface area (Å²) in [6.07, 6.45) is 4.56. The van der Waals surface area contributed by atoms with E-state index < -0.39 is 13.5 Å². The Kier molecular flexibility index (Phi) is 2.68. The van der Waals surface area contributed by atoms with E-state index in [-0.39, 0.29) is 0 Å². The van der Waals surface area contributed by atoms with Gasteiger partial charge in [0.15, 0.2) is 0 Å². The van der Waals surface area contributed by atoms with Gasteiger partial charge in [-0.2, -0.15) is 0 Å². The second-order valence-electron chi connectivity index (χ2n) is 4.37. The van der Waals surface area contributed by atoms with Gasteiger partial charge in [-0.3, -0.25) is 0 Å². The fourth-order valence-electron chi connectivity index (χ4n) is 1.76. The summed E-state index contributed by atoms with van der Waals surface area (Å²) in [5.41, 5.74) is 0.513. The highest BCUT2D eigenvalue weighted by Crippen LogP contribution is 2.36. The first kappa shape index (κ1) is 10.5. The van der Waals surface area contributed by atoms with Crippen molar-refractivity contribution >= 4 is 8.07 Å². The van der Waals surface area contributed by atoms with Crippen LogP contribution in [0, 0.1) is 0 Å². The zero-order valence-electron chi connectivity index (χ0n) is 8.89. The molecule has 1 rings (SSSR count). The van der Waals surface area contributed by atoms with Crippen LogP contribution in [0.15, 0.2) is 24.5 Å². The highest BCUT2D eigenvalue weighted by atomic mass is 28.3. The molecule has 1 unspecified atom stereocenters. The Labute approximate surface area is 81.2 Å². The molecule has 0 saturated carbocycles. The molecule has 1 atom stereocenters. The summed E-state index contributed by atoms with van der Waals surface area (Å²) in [4.78, 5) is 0. The van der Waals surface area contributed by atoms with Crippen LogP contribution in [0.1, 0.15) is 6.42 Å². The maximum Gasteiger partial charge on any atom is 0.210 e. The first-order chi connectivity index (χ1) is 5.94. The third kappa shape index (κ3) is 1.58. The summed E-state index contributed by atoms with van der Waals surface area (Å²) >= 11 is 0. The van der Waals surface area contributed by atoms with Crippen LogP contribution >= 0.6 is 0 Å². The van der Waals surface area contributed by atoms with Gasteiger partial charge in [-0.15, -0.1) is 0 Å². The molecule has 0 N–H and O–H groups in total. The van der Waals surface area contributed by atoms with E-state index in [4.69, 9.17) is 9.47 Å². The second kappa shape index (κ2) is 3.31. The van der Waals surface area contributed by atoms with Gasteiger partial charge in [0, 0.05) is 7.11 Å². The molecule has 0 aromatic heterocycles. The first-order valence-corrected chi connectivity index (χ1v) is 8.00. The molecule has 0 fully saturated rings. The van der Waals surface area contributed by atoms with Crippen molar-refractivity contribution in [1.82, 2.24) is 0 Å². The Morgan fingerprint density at radius 3 is 2.46 bits per heavy atom. The molecule has 1 aliphatic heterocycles. The number of rotatable bonds is 2. The van der Waals surface area contributed by atoms with Crippen LogP contribution in [0.2, 0.25) is 19.6 Å². The van der Waals surface area contributed by atoms with E-state index in [1.807, 2.05) is 6.08 Å². The minimum absolute atomic E-state index is 0.526. The molecule has 0 aromatic rings. The molecule has 13 heavy (non-hydrogen) atoms. The summed E-state index contributed by atoms with van der Waals surface area (Å²) in [7, 11) is 0.132. The van der Waals surface area contributed by atoms with Crippen LogP contribution in [0.5, 0.6) is 0 Å². The van der Waals surface area contributed by atoms with Crippen molar-refractivity contribution in [1.29, 1.82) is 0 Å². The van der Waals surface area contributed by atoms with Crippen LogP contribution in [-0.4, -0.2) is 20.6 Å². The van der Waals surface area contributed by atoms with Crippen LogP contribution in [-0.2, 0) is 9.47 Å². The summed E-state index contributed by atoms with van der Waals surface area (Å²) in [6, 6.07) is 0. The predicted molar refractivity (Wildman–Crippen MR) is 57.1 cm³/mol. The molecule has 2 nitrogen and oxygen atoms in total. The Bertz CT molecular complexity index is 240. The number of ether oxygens (including phenoxy) is 2. The summed E-state index contributed by atoms with van der Waals surface area (Å²) in [6.45, 7) is 10.7. The molecular formula is C10H18O2Si. The van der Waals surface area contributed by atoms with Crippen molar-refractivity contribution in [3.8, 4) is 0 Å².